The van der Waals surface area contributed by atoms with Gasteiger partial charge in [0.05, 0.1) is 4.90 Å². The second kappa shape index (κ2) is 8.60. The summed E-state index contributed by atoms with van der Waals surface area (Å²) in [5.41, 5.74) is 0.410. The number of ether oxygens (including phenoxy) is 1. The summed E-state index contributed by atoms with van der Waals surface area (Å²) in [5.74, 6) is -1.12. The molecule has 1 aromatic rings. The summed E-state index contributed by atoms with van der Waals surface area (Å²) in [7, 11) is -2.06. The van der Waals surface area contributed by atoms with E-state index in [1.165, 1.54) is 47.8 Å². The van der Waals surface area contributed by atoms with Gasteiger partial charge in [-0.3, -0.25) is 4.79 Å². The lowest BCUT2D eigenvalue weighted by Gasteiger charge is -2.21. The minimum absolute atomic E-state index is 0.135. The third-order valence-electron chi connectivity index (χ3n) is 3.19. The number of hydrogen-bond donors (Lipinski definition) is 1. The molecule has 0 heterocycles. The lowest BCUT2D eigenvalue weighted by Crippen LogP contribution is -2.33. The Labute approximate surface area is 142 Å². The van der Waals surface area contributed by atoms with Crippen molar-refractivity contribution >= 4 is 27.6 Å². The molecule has 0 aliphatic rings. The summed E-state index contributed by atoms with van der Waals surface area (Å²) in [6.45, 7) is 4.80. The van der Waals surface area contributed by atoms with Crippen molar-refractivity contribution in [2.75, 3.05) is 19.0 Å². The van der Waals surface area contributed by atoms with Gasteiger partial charge in [0.15, 0.2) is 6.61 Å². The molecule has 0 aromatic heterocycles. The van der Waals surface area contributed by atoms with Crippen LogP contribution in [0.4, 0.5) is 5.69 Å². The van der Waals surface area contributed by atoms with Crippen LogP contribution in [-0.2, 0) is 24.3 Å². The molecule has 1 rings (SSSR count). The van der Waals surface area contributed by atoms with Gasteiger partial charge in [-0.25, -0.2) is 13.2 Å². The van der Waals surface area contributed by atoms with Gasteiger partial charge in [0.2, 0.25) is 10.0 Å². The Bertz CT molecular complexity index is 708. The maximum Gasteiger partial charge on any atom is 0.330 e. The number of sulfonamides is 1. The number of nitrogens with one attached hydrogen (secondary N) is 1. The Kier molecular flexibility index (Phi) is 7.12. The summed E-state index contributed by atoms with van der Waals surface area (Å²) in [4.78, 5) is 22.9. The lowest BCUT2D eigenvalue weighted by molar-refractivity contribution is -0.142. The van der Waals surface area contributed by atoms with Crippen molar-refractivity contribution in [3.8, 4) is 0 Å². The Morgan fingerprint density at radius 2 is 1.83 bits per heavy atom. The highest BCUT2D eigenvalue weighted by molar-refractivity contribution is 7.89. The van der Waals surface area contributed by atoms with Gasteiger partial charge in [-0.15, -0.1) is 0 Å². The van der Waals surface area contributed by atoms with Crippen molar-refractivity contribution in [3.63, 3.8) is 0 Å². The van der Waals surface area contributed by atoms with Gasteiger partial charge < -0.3 is 10.1 Å². The molecule has 0 bridgehead atoms. The fraction of sp³-hybridized carbons (Fsp3) is 0.375. The molecule has 0 radical (unpaired) electrons. The van der Waals surface area contributed by atoms with E-state index in [0.29, 0.717) is 5.69 Å². The molecule has 0 aliphatic carbocycles. The number of carbonyl (C=O) groups excluding carboxylic acids is 2. The Hall–Kier alpha value is -2.19. The van der Waals surface area contributed by atoms with Crippen LogP contribution < -0.4 is 5.32 Å². The third-order valence-corrected chi connectivity index (χ3v) is 5.24. The fourth-order valence-corrected chi connectivity index (χ4v) is 3.04. The van der Waals surface area contributed by atoms with E-state index in [2.05, 4.69) is 5.32 Å². The summed E-state index contributed by atoms with van der Waals surface area (Å²) in [6.07, 6.45) is 2.71. The summed E-state index contributed by atoms with van der Waals surface area (Å²) < 4.78 is 30.6. The van der Waals surface area contributed by atoms with Crippen LogP contribution in [0.5, 0.6) is 0 Å². The van der Waals surface area contributed by atoms with E-state index in [0.717, 1.165) is 0 Å². The zero-order valence-electron chi connectivity index (χ0n) is 14.1. The summed E-state index contributed by atoms with van der Waals surface area (Å²) in [6, 6.07) is 5.62. The highest BCUT2D eigenvalue weighted by Gasteiger charge is 2.22. The van der Waals surface area contributed by atoms with Gasteiger partial charge in [-0.1, -0.05) is 6.08 Å². The molecule has 0 fully saturated rings. The standard InChI is InChI=1S/C16H22N2O5S/c1-5-6-16(20)23-11-15(19)17-13-7-9-14(10-8-13)24(21,22)18(4)12(2)3/h5-10,12H,11H2,1-4H3,(H,17,19)/b6-5+. The molecule has 0 aliphatic heterocycles. The molecule has 1 amide bonds. The fourth-order valence-electron chi connectivity index (χ4n) is 1.67. The average molecular weight is 354 g/mol. The molecular weight excluding hydrogens is 332 g/mol. The van der Waals surface area contributed by atoms with E-state index in [4.69, 9.17) is 4.74 Å². The van der Waals surface area contributed by atoms with Gasteiger partial charge in [0, 0.05) is 24.9 Å². The zero-order chi connectivity index (χ0) is 18.3. The average Bonchev–Trinajstić information content (AvgIpc) is 2.53. The number of esters is 1. The van der Waals surface area contributed by atoms with Crippen molar-refractivity contribution < 1.29 is 22.7 Å². The van der Waals surface area contributed by atoms with E-state index in [-0.39, 0.29) is 10.9 Å². The molecule has 0 atom stereocenters. The number of anilines is 1. The molecule has 24 heavy (non-hydrogen) atoms. The third kappa shape index (κ3) is 5.47. The quantitative estimate of drug-likeness (QED) is 0.595. The largest absolute Gasteiger partial charge is 0.452 e. The van der Waals surface area contributed by atoms with Crippen LogP contribution in [0, 0.1) is 0 Å². The van der Waals surface area contributed by atoms with Gasteiger partial charge in [-0.05, 0) is 45.0 Å². The molecule has 0 spiro atoms. The number of allylic oxidation sites excluding steroid dienone is 1. The van der Waals surface area contributed by atoms with Crippen LogP contribution in [0.25, 0.3) is 0 Å². The van der Waals surface area contributed by atoms with Crippen LogP contribution in [0.2, 0.25) is 0 Å². The van der Waals surface area contributed by atoms with Gasteiger partial charge in [0.1, 0.15) is 0 Å². The molecule has 8 heteroatoms. The first kappa shape index (κ1) is 19.9. The van der Waals surface area contributed by atoms with Gasteiger partial charge in [-0.2, -0.15) is 4.31 Å². The maximum absolute atomic E-state index is 12.3. The SMILES string of the molecule is C/C=C/C(=O)OCC(=O)Nc1ccc(S(=O)(=O)N(C)C(C)C)cc1. The molecule has 1 aromatic carbocycles. The predicted molar refractivity (Wildman–Crippen MR) is 90.9 cm³/mol. The number of amides is 1. The number of hydrogen-bond acceptors (Lipinski definition) is 5. The molecular formula is C16H22N2O5S. The molecule has 1 N–H and O–H groups in total. The molecule has 0 saturated carbocycles. The van der Waals surface area contributed by atoms with Crippen molar-refractivity contribution in [2.45, 2.75) is 31.7 Å². The topological polar surface area (TPSA) is 92.8 Å². The van der Waals surface area contributed by atoms with E-state index in [1.807, 2.05) is 0 Å². The van der Waals surface area contributed by atoms with Gasteiger partial charge >= 0.3 is 5.97 Å². The van der Waals surface area contributed by atoms with Crippen LogP contribution in [0.15, 0.2) is 41.3 Å². The predicted octanol–water partition coefficient (Wildman–Crippen LogP) is 1.77. The number of nitrogens with zero attached hydrogens (tertiary/aromatic N) is 1. The Balaban J connectivity index is 2.71. The van der Waals surface area contributed by atoms with Crippen molar-refractivity contribution in [2.24, 2.45) is 0 Å². The van der Waals surface area contributed by atoms with Crippen molar-refractivity contribution in [1.82, 2.24) is 4.31 Å². The van der Waals surface area contributed by atoms with E-state index in [1.54, 1.807) is 20.8 Å². The first-order chi connectivity index (χ1) is 11.2. The minimum atomic E-state index is -3.57. The highest BCUT2D eigenvalue weighted by atomic mass is 32.2. The summed E-state index contributed by atoms with van der Waals surface area (Å²) >= 11 is 0. The molecule has 0 unspecified atom stereocenters. The van der Waals surface area contributed by atoms with E-state index < -0.39 is 28.5 Å². The second-order valence-electron chi connectivity index (χ2n) is 5.30. The molecule has 7 nitrogen and oxygen atoms in total. The van der Waals surface area contributed by atoms with Crippen LogP contribution in [-0.4, -0.2) is 44.3 Å². The molecule has 0 saturated heterocycles. The van der Waals surface area contributed by atoms with Crippen LogP contribution in [0.1, 0.15) is 20.8 Å². The van der Waals surface area contributed by atoms with Gasteiger partial charge in [0.25, 0.3) is 5.91 Å². The number of carbonyl (C=O) groups is 2. The van der Waals surface area contributed by atoms with E-state index in [9.17, 15) is 18.0 Å². The second-order valence-corrected chi connectivity index (χ2v) is 7.29. The number of benzene rings is 1. The van der Waals surface area contributed by atoms with Crippen LogP contribution in [0.3, 0.4) is 0 Å². The maximum atomic E-state index is 12.3. The van der Waals surface area contributed by atoms with Crippen molar-refractivity contribution in [3.05, 3.63) is 36.4 Å². The first-order valence-electron chi connectivity index (χ1n) is 7.36. The zero-order valence-corrected chi connectivity index (χ0v) is 15.0. The Morgan fingerprint density at radius 3 is 2.33 bits per heavy atom. The van der Waals surface area contributed by atoms with E-state index >= 15 is 0 Å². The number of rotatable bonds is 7. The first-order valence-corrected chi connectivity index (χ1v) is 8.80. The van der Waals surface area contributed by atoms with Crippen molar-refractivity contribution in [1.29, 1.82) is 0 Å². The summed E-state index contributed by atoms with van der Waals surface area (Å²) in [5, 5.41) is 2.52. The molecule has 132 valence electrons. The smallest absolute Gasteiger partial charge is 0.330 e. The monoisotopic (exact) mass is 354 g/mol. The van der Waals surface area contributed by atoms with Crippen LogP contribution >= 0.6 is 0 Å². The minimum Gasteiger partial charge on any atom is -0.452 e. The highest BCUT2D eigenvalue weighted by Crippen LogP contribution is 2.18. The normalized spacial score (nSPS) is 11.9. The lowest BCUT2D eigenvalue weighted by atomic mass is 10.3. The Morgan fingerprint density at radius 1 is 1.25 bits per heavy atom.